The predicted octanol–water partition coefficient (Wildman–Crippen LogP) is 2.00. The zero-order valence-electron chi connectivity index (χ0n) is 10.6. The number of hydrogen-bond donors (Lipinski definition) is 2. The SMILES string of the molecule is C#Cc1cccc(NC(=O)C2(CC)CCNC2)c1. The van der Waals surface area contributed by atoms with E-state index in [-0.39, 0.29) is 11.3 Å². The molecule has 0 saturated carbocycles. The van der Waals surface area contributed by atoms with Gasteiger partial charge in [0.25, 0.3) is 0 Å². The molecule has 3 heteroatoms. The molecule has 1 aliphatic heterocycles. The molecule has 3 nitrogen and oxygen atoms in total. The quantitative estimate of drug-likeness (QED) is 0.796. The van der Waals surface area contributed by atoms with E-state index in [4.69, 9.17) is 6.42 Å². The number of benzene rings is 1. The number of terminal acetylenes is 1. The Hall–Kier alpha value is -1.79. The molecule has 0 spiro atoms. The van der Waals surface area contributed by atoms with E-state index in [9.17, 15) is 4.79 Å². The van der Waals surface area contributed by atoms with E-state index in [0.717, 1.165) is 37.2 Å². The van der Waals surface area contributed by atoms with Crippen molar-refractivity contribution >= 4 is 11.6 Å². The van der Waals surface area contributed by atoms with E-state index in [2.05, 4.69) is 23.5 Å². The van der Waals surface area contributed by atoms with Gasteiger partial charge in [-0.2, -0.15) is 0 Å². The van der Waals surface area contributed by atoms with Gasteiger partial charge < -0.3 is 10.6 Å². The van der Waals surface area contributed by atoms with Crippen molar-refractivity contribution in [3.05, 3.63) is 29.8 Å². The number of hydrogen-bond acceptors (Lipinski definition) is 2. The van der Waals surface area contributed by atoms with Gasteiger partial charge in [0.05, 0.1) is 5.41 Å². The predicted molar refractivity (Wildman–Crippen MR) is 73.2 cm³/mol. The van der Waals surface area contributed by atoms with Gasteiger partial charge in [0.2, 0.25) is 5.91 Å². The highest BCUT2D eigenvalue weighted by molar-refractivity contribution is 5.95. The van der Waals surface area contributed by atoms with Gasteiger partial charge in [-0.3, -0.25) is 4.79 Å². The summed E-state index contributed by atoms with van der Waals surface area (Å²) in [4.78, 5) is 12.4. The first-order valence-corrected chi connectivity index (χ1v) is 6.29. The Balaban J connectivity index is 2.13. The normalized spacial score (nSPS) is 22.4. The van der Waals surface area contributed by atoms with Gasteiger partial charge in [-0.1, -0.05) is 18.9 Å². The molecule has 1 atom stereocenters. The van der Waals surface area contributed by atoms with Crippen LogP contribution in [0, 0.1) is 17.8 Å². The van der Waals surface area contributed by atoms with Crippen molar-refractivity contribution < 1.29 is 4.79 Å². The van der Waals surface area contributed by atoms with Crippen LogP contribution >= 0.6 is 0 Å². The molecule has 1 aromatic carbocycles. The van der Waals surface area contributed by atoms with Crippen LogP contribution in [-0.4, -0.2) is 19.0 Å². The van der Waals surface area contributed by atoms with Crippen LogP contribution in [0.2, 0.25) is 0 Å². The van der Waals surface area contributed by atoms with E-state index in [1.807, 2.05) is 24.3 Å². The topological polar surface area (TPSA) is 41.1 Å². The summed E-state index contributed by atoms with van der Waals surface area (Å²) in [7, 11) is 0. The fourth-order valence-corrected chi connectivity index (χ4v) is 2.35. The summed E-state index contributed by atoms with van der Waals surface area (Å²) >= 11 is 0. The summed E-state index contributed by atoms with van der Waals surface area (Å²) in [6, 6.07) is 7.40. The van der Waals surface area contributed by atoms with Gasteiger partial charge in [-0.15, -0.1) is 6.42 Å². The van der Waals surface area contributed by atoms with Crippen molar-refractivity contribution in [3.8, 4) is 12.3 Å². The highest BCUT2D eigenvalue weighted by Gasteiger charge is 2.39. The molecule has 0 radical (unpaired) electrons. The second kappa shape index (κ2) is 5.24. The van der Waals surface area contributed by atoms with Crippen molar-refractivity contribution in [2.75, 3.05) is 18.4 Å². The monoisotopic (exact) mass is 242 g/mol. The van der Waals surface area contributed by atoms with E-state index in [1.165, 1.54) is 0 Å². The lowest BCUT2D eigenvalue weighted by Crippen LogP contribution is -2.37. The van der Waals surface area contributed by atoms with Crippen molar-refractivity contribution in [2.24, 2.45) is 5.41 Å². The Labute approximate surface area is 108 Å². The van der Waals surface area contributed by atoms with Gasteiger partial charge in [-0.25, -0.2) is 0 Å². The average Bonchev–Trinajstić information content (AvgIpc) is 2.89. The lowest BCUT2D eigenvalue weighted by molar-refractivity contribution is -0.124. The molecule has 1 aliphatic rings. The Morgan fingerprint density at radius 3 is 3.06 bits per heavy atom. The van der Waals surface area contributed by atoms with Gasteiger partial charge >= 0.3 is 0 Å². The van der Waals surface area contributed by atoms with E-state index in [1.54, 1.807) is 0 Å². The number of carbonyl (C=O) groups excluding carboxylic acids is 1. The first-order valence-electron chi connectivity index (χ1n) is 6.29. The van der Waals surface area contributed by atoms with Crippen LogP contribution in [0.1, 0.15) is 25.3 Å². The number of amides is 1. The molecule has 0 bridgehead atoms. The van der Waals surface area contributed by atoms with Crippen LogP contribution in [0.3, 0.4) is 0 Å². The molecule has 1 heterocycles. The average molecular weight is 242 g/mol. The largest absolute Gasteiger partial charge is 0.326 e. The number of nitrogens with one attached hydrogen (secondary N) is 2. The van der Waals surface area contributed by atoms with E-state index < -0.39 is 0 Å². The molecule has 0 aliphatic carbocycles. The van der Waals surface area contributed by atoms with Crippen LogP contribution in [0.15, 0.2) is 24.3 Å². The summed E-state index contributed by atoms with van der Waals surface area (Å²) in [6.45, 7) is 3.72. The molecule has 2 N–H and O–H groups in total. The third-order valence-electron chi connectivity index (χ3n) is 3.69. The zero-order valence-corrected chi connectivity index (χ0v) is 10.6. The molecular formula is C15H18N2O. The van der Waals surface area contributed by atoms with Crippen molar-refractivity contribution in [1.82, 2.24) is 5.32 Å². The van der Waals surface area contributed by atoms with E-state index in [0.29, 0.717) is 0 Å². The first-order chi connectivity index (χ1) is 8.70. The van der Waals surface area contributed by atoms with Gasteiger partial charge in [0.1, 0.15) is 0 Å². The molecule has 0 aromatic heterocycles. The molecule has 18 heavy (non-hydrogen) atoms. The summed E-state index contributed by atoms with van der Waals surface area (Å²) in [5, 5.41) is 6.24. The fraction of sp³-hybridized carbons (Fsp3) is 0.400. The maximum absolute atomic E-state index is 12.4. The van der Waals surface area contributed by atoms with Crippen LogP contribution in [0.25, 0.3) is 0 Å². The highest BCUT2D eigenvalue weighted by atomic mass is 16.2. The second-order valence-corrected chi connectivity index (χ2v) is 4.74. The Bertz CT molecular complexity index is 482. The third kappa shape index (κ3) is 2.39. The maximum Gasteiger partial charge on any atom is 0.231 e. The summed E-state index contributed by atoms with van der Waals surface area (Å²) in [5.41, 5.74) is 1.28. The molecule has 1 saturated heterocycles. The Morgan fingerprint density at radius 2 is 2.44 bits per heavy atom. The highest BCUT2D eigenvalue weighted by Crippen LogP contribution is 2.30. The first kappa shape index (κ1) is 12.7. The van der Waals surface area contributed by atoms with Crippen LogP contribution in [-0.2, 0) is 4.79 Å². The number of anilines is 1. The third-order valence-corrected chi connectivity index (χ3v) is 3.69. The zero-order chi connectivity index (χ0) is 13.0. The summed E-state index contributed by atoms with van der Waals surface area (Å²) in [5.74, 6) is 2.66. The minimum absolute atomic E-state index is 0.0872. The van der Waals surface area contributed by atoms with Crippen molar-refractivity contribution in [1.29, 1.82) is 0 Å². The number of carbonyl (C=O) groups is 1. The van der Waals surface area contributed by atoms with Crippen molar-refractivity contribution in [3.63, 3.8) is 0 Å². The molecule has 1 amide bonds. The van der Waals surface area contributed by atoms with Crippen LogP contribution in [0.4, 0.5) is 5.69 Å². The minimum atomic E-state index is -0.272. The smallest absolute Gasteiger partial charge is 0.231 e. The summed E-state index contributed by atoms with van der Waals surface area (Å²) in [6.07, 6.45) is 7.09. The van der Waals surface area contributed by atoms with Gasteiger partial charge in [-0.05, 0) is 37.6 Å². The van der Waals surface area contributed by atoms with Gasteiger partial charge in [0.15, 0.2) is 0 Å². The number of rotatable bonds is 3. The lowest BCUT2D eigenvalue weighted by Gasteiger charge is -2.25. The second-order valence-electron chi connectivity index (χ2n) is 4.74. The fourth-order valence-electron chi connectivity index (χ4n) is 2.35. The molecule has 1 fully saturated rings. The van der Waals surface area contributed by atoms with Crippen LogP contribution in [0.5, 0.6) is 0 Å². The lowest BCUT2D eigenvalue weighted by atomic mass is 9.83. The van der Waals surface area contributed by atoms with E-state index >= 15 is 0 Å². The molecular weight excluding hydrogens is 224 g/mol. The van der Waals surface area contributed by atoms with Gasteiger partial charge in [0, 0.05) is 17.8 Å². The Kier molecular flexibility index (Phi) is 3.69. The van der Waals surface area contributed by atoms with Crippen molar-refractivity contribution in [2.45, 2.75) is 19.8 Å². The molecule has 1 aromatic rings. The molecule has 2 rings (SSSR count). The maximum atomic E-state index is 12.4. The molecule has 94 valence electrons. The standard InChI is InChI=1S/C15H18N2O/c1-3-12-6-5-7-13(10-12)17-14(18)15(4-2)8-9-16-11-15/h1,5-7,10,16H,4,8-9,11H2,2H3,(H,17,18). The summed E-state index contributed by atoms with van der Waals surface area (Å²) < 4.78 is 0. The molecule has 1 unspecified atom stereocenters. The minimum Gasteiger partial charge on any atom is -0.326 e. The Morgan fingerprint density at radius 1 is 1.61 bits per heavy atom. The van der Waals surface area contributed by atoms with Crippen LogP contribution < -0.4 is 10.6 Å².